The molecule has 0 fully saturated rings. The molecular weight excluding hydrogens is 149 g/mol. The van der Waals surface area contributed by atoms with Crippen molar-refractivity contribution in [1.82, 2.24) is 0 Å². The van der Waals surface area contributed by atoms with Crippen LogP contribution in [0.3, 0.4) is 0 Å². The SMILES string of the molecule is CCC(F)=C(F)C(=O)OF. The van der Waals surface area contributed by atoms with Crippen LogP contribution in [0.25, 0.3) is 0 Å². The quantitative estimate of drug-likeness (QED) is 0.568. The van der Waals surface area contributed by atoms with Gasteiger partial charge >= 0.3 is 5.97 Å². The fourth-order valence-corrected chi connectivity index (χ4v) is 0.300. The minimum absolute atomic E-state index is 0.305. The molecule has 0 aromatic carbocycles. The second kappa shape index (κ2) is 3.92. The molecule has 0 unspecified atom stereocenters. The third kappa shape index (κ3) is 2.08. The van der Waals surface area contributed by atoms with Gasteiger partial charge in [-0.3, -0.25) is 0 Å². The molecule has 58 valence electrons. The van der Waals surface area contributed by atoms with E-state index in [1.165, 1.54) is 6.92 Å². The lowest BCUT2D eigenvalue weighted by atomic mass is 10.3. The van der Waals surface area contributed by atoms with Gasteiger partial charge in [-0.1, -0.05) is 6.92 Å². The summed E-state index contributed by atoms with van der Waals surface area (Å²) in [7, 11) is 0. The zero-order valence-corrected chi connectivity index (χ0v) is 5.16. The summed E-state index contributed by atoms with van der Waals surface area (Å²) in [5, 5.41) is 0. The summed E-state index contributed by atoms with van der Waals surface area (Å²) in [5.41, 5.74) is 0. The van der Waals surface area contributed by atoms with Crippen molar-refractivity contribution in [3.8, 4) is 0 Å². The van der Waals surface area contributed by atoms with Crippen LogP contribution in [0.1, 0.15) is 13.3 Å². The van der Waals surface area contributed by atoms with Gasteiger partial charge in [-0.2, -0.15) is 4.39 Å². The zero-order valence-electron chi connectivity index (χ0n) is 5.16. The van der Waals surface area contributed by atoms with E-state index in [1.807, 2.05) is 0 Å². The van der Waals surface area contributed by atoms with Crippen LogP contribution >= 0.6 is 0 Å². The number of allylic oxidation sites excluding steroid dienone is 1. The van der Waals surface area contributed by atoms with Gasteiger partial charge in [0.2, 0.25) is 5.83 Å². The third-order valence-corrected chi connectivity index (χ3v) is 0.798. The van der Waals surface area contributed by atoms with Crippen molar-refractivity contribution < 1.29 is 23.0 Å². The zero-order chi connectivity index (χ0) is 8.15. The highest BCUT2D eigenvalue weighted by atomic mass is 19.3. The van der Waals surface area contributed by atoms with Crippen molar-refractivity contribution in [2.24, 2.45) is 0 Å². The highest BCUT2D eigenvalue weighted by Crippen LogP contribution is 2.12. The monoisotopic (exact) mass is 154 g/mol. The molecular formula is C5H5F3O2. The fourth-order valence-electron chi connectivity index (χ4n) is 0.300. The molecule has 0 aliphatic carbocycles. The van der Waals surface area contributed by atoms with Crippen molar-refractivity contribution in [1.29, 1.82) is 0 Å². The molecule has 2 nitrogen and oxygen atoms in total. The van der Waals surface area contributed by atoms with E-state index in [2.05, 4.69) is 4.94 Å². The predicted molar refractivity (Wildman–Crippen MR) is 26.7 cm³/mol. The summed E-state index contributed by atoms with van der Waals surface area (Å²) in [6.07, 6.45) is -0.305. The number of hydrogen-bond donors (Lipinski definition) is 0. The Hall–Kier alpha value is -1.00. The Morgan fingerprint density at radius 1 is 1.50 bits per heavy atom. The highest BCUT2D eigenvalue weighted by molar-refractivity contribution is 5.85. The van der Waals surface area contributed by atoms with E-state index in [9.17, 15) is 18.1 Å². The Morgan fingerprint density at radius 3 is 2.30 bits per heavy atom. The predicted octanol–water partition coefficient (Wildman–Crippen LogP) is 1.97. The molecule has 0 bridgehead atoms. The van der Waals surface area contributed by atoms with Crippen LogP contribution < -0.4 is 0 Å². The number of rotatable bonds is 2. The van der Waals surface area contributed by atoms with E-state index < -0.39 is 17.6 Å². The van der Waals surface area contributed by atoms with Crippen molar-refractivity contribution in [2.45, 2.75) is 13.3 Å². The molecule has 0 aromatic rings. The molecule has 0 N–H and O–H groups in total. The molecule has 5 heteroatoms. The minimum atomic E-state index is -1.93. The number of hydrogen-bond acceptors (Lipinski definition) is 2. The van der Waals surface area contributed by atoms with Gasteiger partial charge in [-0.05, 0) is 6.42 Å². The van der Waals surface area contributed by atoms with Crippen molar-refractivity contribution >= 4 is 5.97 Å². The Morgan fingerprint density at radius 2 is 2.00 bits per heavy atom. The van der Waals surface area contributed by atoms with E-state index in [1.54, 1.807) is 0 Å². The Bertz CT molecular complexity index is 164. The largest absolute Gasteiger partial charge is 0.410 e. The van der Waals surface area contributed by atoms with Gasteiger partial charge in [0.15, 0.2) is 0 Å². The van der Waals surface area contributed by atoms with Crippen LogP contribution in [0, 0.1) is 0 Å². The molecule has 0 saturated heterocycles. The topological polar surface area (TPSA) is 26.3 Å². The number of carbonyl (C=O) groups excluding carboxylic acids is 1. The standard InChI is InChI=1S/C5H5F3O2/c1-2-3(6)4(7)5(9)10-8/h2H2,1H3. The normalized spacial score (nSPS) is 12.4. The second-order valence-electron chi connectivity index (χ2n) is 1.44. The summed E-state index contributed by atoms with van der Waals surface area (Å²) >= 11 is 0. The van der Waals surface area contributed by atoms with E-state index >= 15 is 0 Å². The second-order valence-corrected chi connectivity index (χ2v) is 1.44. The van der Waals surface area contributed by atoms with Gasteiger partial charge in [-0.25, -0.2) is 14.1 Å². The van der Waals surface area contributed by atoms with Gasteiger partial charge in [0.25, 0.3) is 0 Å². The van der Waals surface area contributed by atoms with Crippen LogP contribution in [0.5, 0.6) is 0 Å². The lowest BCUT2D eigenvalue weighted by Gasteiger charge is -1.91. The minimum Gasteiger partial charge on any atom is -0.247 e. The first-order valence-electron chi connectivity index (χ1n) is 2.50. The molecule has 0 atom stereocenters. The van der Waals surface area contributed by atoms with Gasteiger partial charge in [0.05, 0.1) is 0 Å². The van der Waals surface area contributed by atoms with Gasteiger partial charge in [-0.15, -0.1) is 0 Å². The maximum absolute atomic E-state index is 12.0. The third-order valence-electron chi connectivity index (χ3n) is 0.798. The molecule has 0 aliphatic heterocycles. The lowest BCUT2D eigenvalue weighted by molar-refractivity contribution is -0.180. The van der Waals surface area contributed by atoms with Crippen LogP contribution in [0.2, 0.25) is 0 Å². The molecule has 0 spiro atoms. The summed E-state index contributed by atoms with van der Waals surface area (Å²) in [6, 6.07) is 0. The molecule has 0 aromatic heterocycles. The van der Waals surface area contributed by atoms with Gasteiger partial charge in [0.1, 0.15) is 5.83 Å². The van der Waals surface area contributed by atoms with Crippen LogP contribution in [-0.4, -0.2) is 5.97 Å². The molecule has 0 heterocycles. The highest BCUT2D eigenvalue weighted by Gasteiger charge is 2.16. The number of carbonyl (C=O) groups is 1. The van der Waals surface area contributed by atoms with Crippen molar-refractivity contribution in [3.63, 3.8) is 0 Å². The smallest absolute Gasteiger partial charge is 0.247 e. The molecule has 0 amide bonds. The van der Waals surface area contributed by atoms with Gasteiger partial charge < -0.3 is 0 Å². The first-order chi connectivity index (χ1) is 4.63. The van der Waals surface area contributed by atoms with E-state index in [-0.39, 0.29) is 6.42 Å². The summed E-state index contributed by atoms with van der Waals surface area (Å²) in [6.45, 7) is 1.28. The van der Waals surface area contributed by atoms with Crippen LogP contribution in [0.15, 0.2) is 11.7 Å². The molecule has 10 heavy (non-hydrogen) atoms. The summed E-state index contributed by atoms with van der Waals surface area (Å²) in [4.78, 5) is 12.3. The fraction of sp³-hybridized carbons (Fsp3) is 0.400. The first kappa shape index (κ1) is 9.00. The maximum Gasteiger partial charge on any atom is 0.410 e. The Balaban J connectivity index is 4.30. The molecule has 0 rings (SSSR count). The van der Waals surface area contributed by atoms with E-state index in [0.29, 0.717) is 0 Å². The average Bonchev–Trinajstić information content (AvgIpc) is 2.00. The van der Waals surface area contributed by atoms with Crippen molar-refractivity contribution in [3.05, 3.63) is 11.7 Å². The summed E-state index contributed by atoms with van der Waals surface area (Å²) < 4.78 is 34.8. The van der Waals surface area contributed by atoms with E-state index in [4.69, 9.17) is 0 Å². The van der Waals surface area contributed by atoms with Crippen molar-refractivity contribution in [2.75, 3.05) is 0 Å². The van der Waals surface area contributed by atoms with Crippen LogP contribution in [0.4, 0.5) is 13.3 Å². The molecule has 0 radical (unpaired) electrons. The molecule has 0 aliphatic rings. The lowest BCUT2D eigenvalue weighted by Crippen LogP contribution is -1.99. The Kier molecular flexibility index (Phi) is 3.53. The maximum atomic E-state index is 12.0. The van der Waals surface area contributed by atoms with Crippen LogP contribution in [-0.2, 0) is 9.74 Å². The average molecular weight is 154 g/mol. The summed E-state index contributed by atoms with van der Waals surface area (Å²) in [5.74, 6) is -5.06. The number of halogens is 3. The first-order valence-corrected chi connectivity index (χ1v) is 2.50. The molecule has 0 saturated carbocycles. The van der Waals surface area contributed by atoms with Gasteiger partial charge in [0, 0.05) is 4.53 Å². The van der Waals surface area contributed by atoms with E-state index in [0.717, 1.165) is 0 Å². The Labute approximate surface area is 55.2 Å².